The first-order valence-electron chi connectivity index (χ1n) is 7.35. The molecule has 0 radical (unpaired) electrons. The van der Waals surface area contributed by atoms with Gasteiger partial charge in [0, 0.05) is 28.7 Å². The summed E-state index contributed by atoms with van der Waals surface area (Å²) in [5.74, 6) is 0.160. The average molecular weight is 302 g/mol. The lowest BCUT2D eigenvalue weighted by Crippen LogP contribution is -2.07. The van der Waals surface area contributed by atoms with Crippen molar-refractivity contribution in [3.8, 4) is 5.75 Å². The molecule has 0 spiro atoms. The molecule has 0 aliphatic rings. The molecule has 0 amide bonds. The zero-order chi connectivity index (χ0) is 15.8. The molecule has 0 saturated carbocycles. The highest BCUT2D eigenvalue weighted by atomic mass is 16.5. The van der Waals surface area contributed by atoms with E-state index >= 15 is 0 Å². The second-order valence-corrected chi connectivity index (χ2v) is 5.47. The van der Waals surface area contributed by atoms with Crippen LogP contribution in [0, 0.1) is 6.92 Å². The van der Waals surface area contributed by atoms with Crippen LogP contribution in [0.15, 0.2) is 60.9 Å². The summed E-state index contributed by atoms with van der Waals surface area (Å²) in [4.78, 5) is 19.8. The second kappa shape index (κ2) is 5.25. The Bertz CT molecular complexity index is 1020. The summed E-state index contributed by atoms with van der Waals surface area (Å²) in [6.07, 6.45) is 3.65. The van der Waals surface area contributed by atoms with Crippen LogP contribution in [0.5, 0.6) is 5.75 Å². The van der Waals surface area contributed by atoms with E-state index < -0.39 is 0 Å². The van der Waals surface area contributed by atoms with Crippen LogP contribution in [0.3, 0.4) is 0 Å². The van der Waals surface area contributed by atoms with E-state index in [1.165, 1.54) is 0 Å². The largest absolute Gasteiger partial charge is 0.423 e. The molecule has 2 aromatic carbocycles. The van der Waals surface area contributed by atoms with Crippen molar-refractivity contribution in [1.82, 2.24) is 9.97 Å². The molecular weight excluding hydrogens is 288 g/mol. The van der Waals surface area contributed by atoms with Gasteiger partial charge in [0.2, 0.25) is 0 Å². The van der Waals surface area contributed by atoms with E-state index in [2.05, 4.69) is 9.97 Å². The fourth-order valence-corrected chi connectivity index (χ4v) is 2.73. The lowest BCUT2D eigenvalue weighted by atomic mass is 10.1. The first-order chi connectivity index (χ1) is 11.2. The zero-order valence-electron chi connectivity index (χ0n) is 12.5. The number of hydrogen-bond acceptors (Lipinski definition) is 3. The fourth-order valence-electron chi connectivity index (χ4n) is 2.73. The Kier molecular flexibility index (Phi) is 3.08. The molecular formula is C19H14N2O2. The molecule has 2 aromatic heterocycles. The number of esters is 1. The molecule has 112 valence electrons. The van der Waals surface area contributed by atoms with Gasteiger partial charge in [0.05, 0.1) is 11.1 Å². The number of H-pyrrole nitrogens is 1. The average Bonchev–Trinajstić information content (AvgIpc) is 2.95. The molecule has 4 rings (SSSR count). The standard InChI is InChI=1S/C19H14N2O2/c1-12-10-20-11-16-15-9-14(7-8-17(15)21-18(12)16)23-19(22)13-5-3-2-4-6-13/h2-11,21H,1H3. The minimum Gasteiger partial charge on any atom is -0.423 e. The van der Waals surface area contributed by atoms with Crippen molar-refractivity contribution in [3.63, 3.8) is 0 Å². The monoisotopic (exact) mass is 302 g/mol. The maximum absolute atomic E-state index is 12.2. The number of pyridine rings is 1. The molecule has 0 atom stereocenters. The second-order valence-electron chi connectivity index (χ2n) is 5.47. The van der Waals surface area contributed by atoms with Crippen LogP contribution in [-0.4, -0.2) is 15.9 Å². The number of carbonyl (C=O) groups excluding carboxylic acids is 1. The maximum Gasteiger partial charge on any atom is 0.343 e. The first kappa shape index (κ1) is 13.5. The minimum absolute atomic E-state index is 0.362. The molecule has 4 nitrogen and oxygen atoms in total. The van der Waals surface area contributed by atoms with Crippen LogP contribution in [0.2, 0.25) is 0 Å². The van der Waals surface area contributed by atoms with Crippen molar-refractivity contribution in [2.24, 2.45) is 0 Å². The molecule has 0 aliphatic heterocycles. The maximum atomic E-state index is 12.2. The number of fused-ring (bicyclic) bond motifs is 3. The minimum atomic E-state index is -0.362. The third kappa shape index (κ3) is 2.34. The third-order valence-corrected chi connectivity index (χ3v) is 3.90. The van der Waals surface area contributed by atoms with Crippen LogP contribution in [0.25, 0.3) is 21.8 Å². The van der Waals surface area contributed by atoms with Gasteiger partial charge in [-0.3, -0.25) is 4.98 Å². The van der Waals surface area contributed by atoms with E-state index in [4.69, 9.17) is 4.74 Å². The summed E-state index contributed by atoms with van der Waals surface area (Å²) in [6, 6.07) is 14.5. The quantitative estimate of drug-likeness (QED) is 0.445. The summed E-state index contributed by atoms with van der Waals surface area (Å²) < 4.78 is 5.48. The van der Waals surface area contributed by atoms with Gasteiger partial charge < -0.3 is 9.72 Å². The van der Waals surface area contributed by atoms with Gasteiger partial charge in [-0.2, -0.15) is 0 Å². The highest BCUT2D eigenvalue weighted by molar-refractivity contribution is 6.08. The van der Waals surface area contributed by atoms with Gasteiger partial charge in [0.15, 0.2) is 0 Å². The Balaban J connectivity index is 1.75. The lowest BCUT2D eigenvalue weighted by molar-refractivity contribution is 0.0735. The molecule has 1 N–H and O–H groups in total. The van der Waals surface area contributed by atoms with Gasteiger partial charge in [0.1, 0.15) is 5.75 Å². The highest BCUT2D eigenvalue weighted by Crippen LogP contribution is 2.29. The number of carbonyl (C=O) groups is 1. The number of rotatable bonds is 2. The zero-order valence-corrected chi connectivity index (χ0v) is 12.5. The van der Waals surface area contributed by atoms with Gasteiger partial charge in [-0.1, -0.05) is 18.2 Å². The van der Waals surface area contributed by atoms with E-state index in [-0.39, 0.29) is 5.97 Å². The van der Waals surface area contributed by atoms with Gasteiger partial charge >= 0.3 is 5.97 Å². The summed E-state index contributed by atoms with van der Waals surface area (Å²) in [7, 11) is 0. The lowest BCUT2D eigenvalue weighted by Gasteiger charge is -2.04. The predicted molar refractivity (Wildman–Crippen MR) is 89.7 cm³/mol. The molecule has 0 bridgehead atoms. The predicted octanol–water partition coefficient (Wildman–Crippen LogP) is 4.24. The SMILES string of the molecule is Cc1cncc2c1[nH]c1ccc(OC(=O)c3ccccc3)cc12. The Hall–Kier alpha value is -3.14. The van der Waals surface area contributed by atoms with Gasteiger partial charge in [-0.25, -0.2) is 4.79 Å². The number of nitrogens with one attached hydrogen (secondary N) is 1. The highest BCUT2D eigenvalue weighted by Gasteiger charge is 2.11. The Morgan fingerprint density at radius 1 is 1.04 bits per heavy atom. The molecule has 0 saturated heterocycles. The molecule has 4 aromatic rings. The van der Waals surface area contributed by atoms with E-state index in [0.717, 1.165) is 27.4 Å². The summed E-state index contributed by atoms with van der Waals surface area (Å²) in [6.45, 7) is 2.01. The van der Waals surface area contributed by atoms with Crippen molar-refractivity contribution in [2.75, 3.05) is 0 Å². The normalized spacial score (nSPS) is 11.0. The van der Waals surface area contributed by atoms with Crippen molar-refractivity contribution < 1.29 is 9.53 Å². The van der Waals surface area contributed by atoms with Crippen LogP contribution in [0.1, 0.15) is 15.9 Å². The van der Waals surface area contributed by atoms with E-state index in [1.54, 1.807) is 18.2 Å². The van der Waals surface area contributed by atoms with Crippen molar-refractivity contribution in [1.29, 1.82) is 0 Å². The van der Waals surface area contributed by atoms with Crippen molar-refractivity contribution >= 4 is 27.8 Å². The number of ether oxygens (including phenoxy) is 1. The van der Waals surface area contributed by atoms with E-state index in [9.17, 15) is 4.79 Å². The van der Waals surface area contributed by atoms with Gasteiger partial charge in [-0.15, -0.1) is 0 Å². The van der Waals surface area contributed by atoms with Crippen LogP contribution < -0.4 is 4.74 Å². The summed E-state index contributed by atoms with van der Waals surface area (Å²) >= 11 is 0. The summed E-state index contributed by atoms with van der Waals surface area (Å²) in [5.41, 5.74) is 3.67. The number of aromatic amines is 1. The van der Waals surface area contributed by atoms with Gasteiger partial charge in [0.25, 0.3) is 0 Å². The molecule has 0 unspecified atom stereocenters. The fraction of sp³-hybridized carbons (Fsp3) is 0.0526. The molecule has 0 fully saturated rings. The first-order valence-corrected chi connectivity index (χ1v) is 7.35. The molecule has 2 heterocycles. The number of hydrogen-bond donors (Lipinski definition) is 1. The third-order valence-electron chi connectivity index (χ3n) is 3.90. The smallest absolute Gasteiger partial charge is 0.343 e. The molecule has 0 aliphatic carbocycles. The number of benzene rings is 2. The molecule has 4 heteroatoms. The Labute approximate surface area is 132 Å². The van der Waals surface area contributed by atoms with Gasteiger partial charge in [-0.05, 0) is 42.8 Å². The van der Waals surface area contributed by atoms with E-state index in [1.807, 2.05) is 49.6 Å². The van der Waals surface area contributed by atoms with E-state index in [0.29, 0.717) is 11.3 Å². The van der Waals surface area contributed by atoms with Crippen molar-refractivity contribution in [2.45, 2.75) is 6.92 Å². The van der Waals surface area contributed by atoms with Crippen LogP contribution in [0.4, 0.5) is 0 Å². The van der Waals surface area contributed by atoms with Crippen LogP contribution >= 0.6 is 0 Å². The Morgan fingerprint density at radius 3 is 2.70 bits per heavy atom. The van der Waals surface area contributed by atoms with Crippen LogP contribution in [-0.2, 0) is 0 Å². The molecule has 23 heavy (non-hydrogen) atoms. The topological polar surface area (TPSA) is 55.0 Å². The summed E-state index contributed by atoms with van der Waals surface area (Å²) in [5, 5.41) is 2.02. The number of aryl methyl sites for hydroxylation is 1. The van der Waals surface area contributed by atoms with Crippen molar-refractivity contribution in [3.05, 3.63) is 72.1 Å². The number of nitrogens with zero attached hydrogens (tertiary/aromatic N) is 1. The Morgan fingerprint density at radius 2 is 1.87 bits per heavy atom. The number of aromatic nitrogens is 2.